The van der Waals surface area contributed by atoms with E-state index in [0.29, 0.717) is 6.04 Å². The van der Waals surface area contributed by atoms with E-state index in [4.69, 9.17) is 9.73 Å². The highest BCUT2D eigenvalue weighted by Crippen LogP contribution is 2.23. The lowest BCUT2D eigenvalue weighted by Gasteiger charge is -2.17. The largest absolute Gasteiger partial charge is 0.457 e. The summed E-state index contributed by atoms with van der Waals surface area (Å²) in [6.45, 7) is 4.10. The van der Waals surface area contributed by atoms with Crippen LogP contribution in [-0.2, 0) is 13.0 Å². The average Bonchev–Trinajstić information content (AvgIpc) is 3.17. The summed E-state index contributed by atoms with van der Waals surface area (Å²) in [4.78, 5) is 6.26. The van der Waals surface area contributed by atoms with E-state index in [1.54, 1.807) is 11.3 Å². The minimum Gasteiger partial charge on any atom is -0.457 e. The molecule has 0 amide bonds. The number of para-hydroxylation sites is 1. The van der Waals surface area contributed by atoms with E-state index >= 15 is 0 Å². The third-order valence-corrected chi connectivity index (χ3v) is 6.53. The van der Waals surface area contributed by atoms with Crippen LogP contribution < -0.4 is 14.9 Å². The molecule has 0 atom stereocenters. The Hall–Kier alpha value is -2.53. The van der Waals surface area contributed by atoms with Crippen LogP contribution in [0, 0.1) is 0 Å². The average molecular weight is 422 g/mol. The van der Waals surface area contributed by atoms with Crippen molar-refractivity contribution in [3.8, 4) is 11.5 Å². The number of nitrogens with zero attached hydrogens (tertiary/aromatic N) is 2. The van der Waals surface area contributed by atoms with Crippen molar-refractivity contribution in [3.63, 3.8) is 0 Å². The summed E-state index contributed by atoms with van der Waals surface area (Å²) in [6.07, 6.45) is 7.54. The van der Waals surface area contributed by atoms with Crippen LogP contribution in [0.4, 0.5) is 5.69 Å². The molecule has 1 aliphatic carbocycles. The fraction of sp³-hybridized carbons (Fsp3) is 0.400. The second-order valence-electron chi connectivity index (χ2n) is 7.79. The van der Waals surface area contributed by atoms with Gasteiger partial charge in [-0.3, -0.25) is 4.99 Å². The van der Waals surface area contributed by atoms with E-state index in [2.05, 4.69) is 34.3 Å². The van der Waals surface area contributed by atoms with Gasteiger partial charge in [0.15, 0.2) is 4.80 Å². The summed E-state index contributed by atoms with van der Waals surface area (Å²) < 4.78 is 8.25. The summed E-state index contributed by atoms with van der Waals surface area (Å²) in [6, 6.07) is 18.6. The number of hydrogen-bond acceptors (Lipinski definition) is 4. The highest BCUT2D eigenvalue weighted by molar-refractivity contribution is 7.07. The van der Waals surface area contributed by atoms with Gasteiger partial charge in [0.25, 0.3) is 0 Å². The summed E-state index contributed by atoms with van der Waals surface area (Å²) in [7, 11) is 0. The van der Waals surface area contributed by atoms with Crippen molar-refractivity contribution in [1.82, 2.24) is 4.57 Å². The van der Waals surface area contributed by atoms with Gasteiger partial charge in [0.05, 0.1) is 6.04 Å². The fourth-order valence-corrected chi connectivity index (χ4v) is 5.04. The molecule has 0 radical (unpaired) electrons. The molecular formula is C25H31N3OS. The Bertz CT molecular complexity index is 970. The molecule has 4 nitrogen and oxygen atoms in total. The minimum absolute atomic E-state index is 0.526. The molecule has 1 heterocycles. The molecular weight excluding hydrogens is 390 g/mol. The maximum absolute atomic E-state index is 5.86. The fourth-order valence-electron chi connectivity index (χ4n) is 3.97. The second-order valence-corrected chi connectivity index (χ2v) is 8.63. The van der Waals surface area contributed by atoms with E-state index < -0.39 is 0 Å². The predicted molar refractivity (Wildman–Crippen MR) is 126 cm³/mol. The zero-order chi connectivity index (χ0) is 20.6. The minimum atomic E-state index is 0.526. The number of aromatic nitrogens is 1. The zero-order valence-corrected chi connectivity index (χ0v) is 18.5. The van der Waals surface area contributed by atoms with Gasteiger partial charge < -0.3 is 14.6 Å². The van der Waals surface area contributed by atoms with Crippen molar-refractivity contribution in [1.29, 1.82) is 0 Å². The molecule has 1 saturated carbocycles. The third-order valence-electron chi connectivity index (χ3n) is 5.61. The molecule has 1 aromatic heterocycles. The van der Waals surface area contributed by atoms with E-state index in [-0.39, 0.29) is 0 Å². The first-order valence-corrected chi connectivity index (χ1v) is 12.0. The Labute approximate surface area is 183 Å². The molecule has 0 spiro atoms. The van der Waals surface area contributed by atoms with Gasteiger partial charge in [0.1, 0.15) is 11.5 Å². The van der Waals surface area contributed by atoms with Crippen LogP contribution in [0.1, 0.15) is 44.7 Å². The molecule has 1 aliphatic rings. The summed E-state index contributed by atoms with van der Waals surface area (Å²) >= 11 is 1.80. The number of benzene rings is 2. The second kappa shape index (κ2) is 10.5. The third kappa shape index (κ3) is 5.54. The van der Waals surface area contributed by atoms with Crippen LogP contribution in [0.3, 0.4) is 0 Å². The number of hydrogen-bond donors (Lipinski definition) is 1. The molecule has 0 unspecified atom stereocenters. The highest BCUT2D eigenvalue weighted by atomic mass is 32.1. The molecule has 0 bridgehead atoms. The molecule has 1 fully saturated rings. The smallest absolute Gasteiger partial charge is 0.185 e. The van der Waals surface area contributed by atoms with Crippen LogP contribution >= 0.6 is 11.3 Å². The van der Waals surface area contributed by atoms with Gasteiger partial charge in [-0.05, 0) is 56.2 Å². The number of thiazole rings is 1. The first-order valence-electron chi connectivity index (χ1n) is 11.1. The Balaban J connectivity index is 1.32. The lowest BCUT2D eigenvalue weighted by molar-refractivity contribution is 0.434. The molecule has 30 heavy (non-hydrogen) atoms. The molecule has 0 aliphatic heterocycles. The van der Waals surface area contributed by atoms with Gasteiger partial charge in [0.2, 0.25) is 0 Å². The monoisotopic (exact) mass is 421 g/mol. The normalized spacial score (nSPS) is 15.3. The standard InChI is InChI=1S/C25H31N3OS/c1-2-28-22(19-30-25(28)27-21-9-5-3-6-10-21)17-18-26-20-13-15-24(16-14-20)29-23-11-7-4-8-12-23/h4,7-8,11-16,19,21,26H,2-3,5-6,9-10,17-18H2,1H3. The van der Waals surface area contributed by atoms with Crippen LogP contribution in [0.2, 0.25) is 0 Å². The lowest BCUT2D eigenvalue weighted by Crippen LogP contribution is -2.22. The lowest BCUT2D eigenvalue weighted by atomic mass is 9.96. The molecule has 4 rings (SSSR count). The SMILES string of the molecule is CCn1c(CCNc2ccc(Oc3ccccc3)cc2)csc1=NC1CCCCC1. The van der Waals surface area contributed by atoms with Crippen molar-refractivity contribution >= 4 is 17.0 Å². The first kappa shape index (κ1) is 20.7. The summed E-state index contributed by atoms with van der Waals surface area (Å²) in [5.74, 6) is 1.71. The van der Waals surface area contributed by atoms with Crippen molar-refractivity contribution in [3.05, 3.63) is 70.5 Å². The summed E-state index contributed by atoms with van der Waals surface area (Å²) in [5.41, 5.74) is 2.48. The molecule has 1 N–H and O–H groups in total. The molecule has 158 valence electrons. The Kier molecular flexibility index (Phi) is 7.25. The molecule has 2 aromatic carbocycles. The topological polar surface area (TPSA) is 38.5 Å². The van der Waals surface area contributed by atoms with Crippen LogP contribution in [0.5, 0.6) is 11.5 Å². The van der Waals surface area contributed by atoms with E-state index in [1.165, 1.54) is 42.6 Å². The van der Waals surface area contributed by atoms with Crippen molar-refractivity contribution in [2.24, 2.45) is 4.99 Å². The van der Waals surface area contributed by atoms with E-state index in [1.807, 2.05) is 42.5 Å². The van der Waals surface area contributed by atoms with Gasteiger partial charge in [-0.15, -0.1) is 11.3 Å². The van der Waals surface area contributed by atoms with Crippen molar-refractivity contribution in [2.45, 2.75) is 58.0 Å². The van der Waals surface area contributed by atoms with Gasteiger partial charge in [-0.25, -0.2) is 0 Å². The maximum Gasteiger partial charge on any atom is 0.185 e. The van der Waals surface area contributed by atoms with E-state index in [0.717, 1.165) is 36.7 Å². The Morgan fingerprint density at radius 1 is 1.00 bits per heavy atom. The number of nitrogens with one attached hydrogen (secondary N) is 1. The molecule has 5 heteroatoms. The Morgan fingerprint density at radius 2 is 1.73 bits per heavy atom. The first-order chi connectivity index (χ1) is 14.8. The van der Waals surface area contributed by atoms with Gasteiger partial charge in [-0.1, -0.05) is 37.5 Å². The Morgan fingerprint density at radius 3 is 2.47 bits per heavy atom. The summed E-state index contributed by atoms with van der Waals surface area (Å²) in [5, 5.41) is 5.81. The predicted octanol–water partition coefficient (Wildman–Crippen LogP) is 6.25. The number of ether oxygens (including phenoxy) is 1. The van der Waals surface area contributed by atoms with Crippen molar-refractivity contribution in [2.75, 3.05) is 11.9 Å². The quantitative estimate of drug-likeness (QED) is 0.467. The van der Waals surface area contributed by atoms with Gasteiger partial charge in [0, 0.05) is 36.3 Å². The molecule has 0 saturated heterocycles. The number of rotatable bonds is 8. The van der Waals surface area contributed by atoms with E-state index in [9.17, 15) is 0 Å². The molecule has 3 aromatic rings. The number of anilines is 1. The van der Waals surface area contributed by atoms with Crippen molar-refractivity contribution < 1.29 is 4.74 Å². The zero-order valence-electron chi connectivity index (χ0n) is 17.7. The van der Waals surface area contributed by atoms with Gasteiger partial charge >= 0.3 is 0 Å². The van der Waals surface area contributed by atoms with Gasteiger partial charge in [-0.2, -0.15) is 0 Å². The van der Waals surface area contributed by atoms with Crippen LogP contribution in [0.25, 0.3) is 0 Å². The van der Waals surface area contributed by atoms with Crippen LogP contribution in [-0.4, -0.2) is 17.2 Å². The highest BCUT2D eigenvalue weighted by Gasteiger charge is 2.13. The van der Waals surface area contributed by atoms with Crippen LogP contribution in [0.15, 0.2) is 65.0 Å². The maximum atomic E-state index is 5.86.